The molecule has 1 atom stereocenters. The summed E-state index contributed by atoms with van der Waals surface area (Å²) in [5.74, 6) is -0.0963. The first-order chi connectivity index (χ1) is 9.52. The molecule has 7 nitrogen and oxygen atoms in total. The van der Waals surface area contributed by atoms with Gasteiger partial charge in [0.15, 0.2) is 0 Å². The number of halogens is 1. The van der Waals surface area contributed by atoms with Crippen molar-refractivity contribution in [1.29, 1.82) is 0 Å². The van der Waals surface area contributed by atoms with Gasteiger partial charge in [-0.15, -0.1) is 0 Å². The highest BCUT2D eigenvalue weighted by Gasteiger charge is 2.29. The van der Waals surface area contributed by atoms with Crippen LogP contribution in [0.25, 0.3) is 0 Å². The Hall–Kier alpha value is -1.73. The molecule has 2 heterocycles. The van der Waals surface area contributed by atoms with Crippen LogP contribution in [0.15, 0.2) is 12.3 Å². The predicted octanol–water partition coefficient (Wildman–Crippen LogP) is 1.49. The lowest BCUT2D eigenvalue weighted by Gasteiger charge is -2.16. The van der Waals surface area contributed by atoms with Gasteiger partial charge in [0.05, 0.1) is 10.5 Å². The third kappa shape index (κ3) is 3.05. The Morgan fingerprint density at radius 3 is 3.05 bits per heavy atom. The van der Waals surface area contributed by atoms with E-state index in [2.05, 4.69) is 4.98 Å². The number of hydrogen-bond donors (Lipinski definition) is 1. The Morgan fingerprint density at radius 2 is 2.40 bits per heavy atom. The van der Waals surface area contributed by atoms with Gasteiger partial charge in [-0.25, -0.2) is 4.98 Å². The second-order valence-electron chi connectivity index (χ2n) is 4.71. The van der Waals surface area contributed by atoms with Gasteiger partial charge in [-0.2, -0.15) is 0 Å². The van der Waals surface area contributed by atoms with Crippen LogP contribution in [0.5, 0.6) is 0 Å². The maximum atomic E-state index is 12.3. The molecule has 1 amide bonds. The predicted molar refractivity (Wildman–Crippen MR) is 71.6 cm³/mol. The molecule has 8 heteroatoms. The van der Waals surface area contributed by atoms with Gasteiger partial charge in [0.25, 0.3) is 11.6 Å². The number of nitro groups is 1. The van der Waals surface area contributed by atoms with Crippen LogP contribution in [0.4, 0.5) is 5.69 Å². The van der Waals surface area contributed by atoms with E-state index in [-0.39, 0.29) is 34.8 Å². The summed E-state index contributed by atoms with van der Waals surface area (Å²) >= 11 is 5.85. The van der Waals surface area contributed by atoms with Gasteiger partial charge < -0.3 is 10.0 Å². The number of aliphatic hydroxyl groups is 1. The minimum absolute atomic E-state index is 0.0359. The van der Waals surface area contributed by atoms with Crippen LogP contribution < -0.4 is 0 Å². The second kappa shape index (κ2) is 6.15. The van der Waals surface area contributed by atoms with Crippen LogP contribution in [-0.4, -0.2) is 45.5 Å². The van der Waals surface area contributed by atoms with Crippen LogP contribution >= 0.6 is 11.6 Å². The molecule has 1 unspecified atom stereocenters. The maximum absolute atomic E-state index is 12.3. The van der Waals surface area contributed by atoms with Gasteiger partial charge >= 0.3 is 0 Å². The molecule has 0 aromatic carbocycles. The Kier molecular flexibility index (Phi) is 4.51. The van der Waals surface area contributed by atoms with E-state index in [0.29, 0.717) is 19.5 Å². The fourth-order valence-electron chi connectivity index (χ4n) is 2.29. The molecule has 1 aromatic rings. The van der Waals surface area contributed by atoms with Gasteiger partial charge in [0.2, 0.25) is 0 Å². The minimum Gasteiger partial charge on any atom is -0.396 e. The topological polar surface area (TPSA) is 96.6 Å². The largest absolute Gasteiger partial charge is 0.396 e. The Bertz CT molecular complexity index is 537. The number of amides is 1. The zero-order valence-electron chi connectivity index (χ0n) is 10.7. The van der Waals surface area contributed by atoms with Crippen molar-refractivity contribution < 1.29 is 14.8 Å². The van der Waals surface area contributed by atoms with Crippen molar-refractivity contribution in [2.45, 2.75) is 12.8 Å². The van der Waals surface area contributed by atoms with Crippen molar-refractivity contribution in [3.63, 3.8) is 0 Å². The van der Waals surface area contributed by atoms with Crippen LogP contribution in [-0.2, 0) is 0 Å². The first kappa shape index (κ1) is 14.7. The molecule has 0 bridgehead atoms. The molecule has 1 aliphatic rings. The monoisotopic (exact) mass is 299 g/mol. The number of carbonyl (C=O) groups excluding carboxylic acids is 1. The van der Waals surface area contributed by atoms with Gasteiger partial charge in [0, 0.05) is 25.8 Å². The van der Waals surface area contributed by atoms with Crippen molar-refractivity contribution in [3.05, 3.63) is 33.1 Å². The van der Waals surface area contributed by atoms with Gasteiger partial charge in [-0.1, -0.05) is 11.6 Å². The molecular weight excluding hydrogens is 286 g/mol. The summed E-state index contributed by atoms with van der Waals surface area (Å²) in [6, 6.07) is 1.15. The molecule has 0 radical (unpaired) electrons. The van der Waals surface area contributed by atoms with Crippen LogP contribution in [0, 0.1) is 16.0 Å². The number of hydrogen-bond acceptors (Lipinski definition) is 5. The number of aliphatic hydroxyl groups excluding tert-OH is 1. The number of rotatable bonds is 4. The van der Waals surface area contributed by atoms with Crippen molar-refractivity contribution in [1.82, 2.24) is 9.88 Å². The summed E-state index contributed by atoms with van der Waals surface area (Å²) in [7, 11) is 0. The molecule has 1 N–H and O–H groups in total. The first-order valence-corrected chi connectivity index (χ1v) is 6.60. The maximum Gasteiger partial charge on any atom is 0.288 e. The molecule has 0 aliphatic carbocycles. The summed E-state index contributed by atoms with van der Waals surface area (Å²) in [5, 5.41) is 19.6. The molecule has 0 saturated carbocycles. The number of carbonyl (C=O) groups is 1. The van der Waals surface area contributed by atoms with E-state index in [4.69, 9.17) is 16.7 Å². The summed E-state index contributed by atoms with van der Waals surface area (Å²) in [6.07, 6.45) is 2.48. The summed E-state index contributed by atoms with van der Waals surface area (Å²) in [6.45, 7) is 1.17. The third-order valence-electron chi connectivity index (χ3n) is 3.38. The molecule has 20 heavy (non-hydrogen) atoms. The van der Waals surface area contributed by atoms with Crippen LogP contribution in [0.2, 0.25) is 5.15 Å². The third-order valence-corrected chi connectivity index (χ3v) is 3.68. The molecular formula is C12H14ClN3O4. The lowest BCUT2D eigenvalue weighted by atomic mass is 10.1. The van der Waals surface area contributed by atoms with E-state index in [1.807, 2.05) is 0 Å². The molecule has 1 aromatic heterocycles. The fraction of sp³-hybridized carbons (Fsp3) is 0.500. The van der Waals surface area contributed by atoms with E-state index in [9.17, 15) is 14.9 Å². The zero-order valence-corrected chi connectivity index (χ0v) is 11.4. The van der Waals surface area contributed by atoms with E-state index in [0.717, 1.165) is 18.7 Å². The Labute approximate surface area is 120 Å². The number of nitrogens with zero attached hydrogens (tertiary/aromatic N) is 3. The van der Waals surface area contributed by atoms with Crippen LogP contribution in [0.1, 0.15) is 23.2 Å². The van der Waals surface area contributed by atoms with E-state index in [1.54, 1.807) is 4.90 Å². The Balaban J connectivity index is 2.17. The normalized spacial score (nSPS) is 18.3. The van der Waals surface area contributed by atoms with Gasteiger partial charge in [0.1, 0.15) is 11.3 Å². The smallest absolute Gasteiger partial charge is 0.288 e. The SMILES string of the molecule is O=C(c1cc([N+](=O)[O-])cnc1Cl)N1CCC(CCO)C1. The molecule has 1 fully saturated rings. The van der Waals surface area contributed by atoms with Gasteiger partial charge in [-0.3, -0.25) is 14.9 Å². The molecule has 0 spiro atoms. The van der Waals surface area contributed by atoms with E-state index >= 15 is 0 Å². The lowest BCUT2D eigenvalue weighted by Crippen LogP contribution is -2.29. The molecule has 108 valence electrons. The van der Waals surface area contributed by atoms with Crippen molar-refractivity contribution in [2.24, 2.45) is 5.92 Å². The standard InChI is InChI=1S/C12H14ClN3O4/c13-11-10(5-9(6-14-11)16(19)20)12(18)15-3-1-8(7-15)2-4-17/h5-6,8,17H,1-4,7H2. The summed E-state index contributed by atoms with van der Waals surface area (Å²) < 4.78 is 0. The average Bonchev–Trinajstić information content (AvgIpc) is 2.87. The lowest BCUT2D eigenvalue weighted by molar-refractivity contribution is -0.385. The van der Waals surface area contributed by atoms with E-state index < -0.39 is 4.92 Å². The zero-order chi connectivity index (χ0) is 14.7. The van der Waals surface area contributed by atoms with Crippen molar-refractivity contribution >= 4 is 23.2 Å². The molecule has 1 aliphatic heterocycles. The second-order valence-corrected chi connectivity index (χ2v) is 5.07. The van der Waals surface area contributed by atoms with Crippen LogP contribution in [0.3, 0.4) is 0 Å². The van der Waals surface area contributed by atoms with E-state index in [1.165, 1.54) is 0 Å². The average molecular weight is 300 g/mol. The van der Waals surface area contributed by atoms with Crippen molar-refractivity contribution in [2.75, 3.05) is 19.7 Å². The number of aromatic nitrogens is 1. The highest BCUT2D eigenvalue weighted by atomic mass is 35.5. The molecule has 2 rings (SSSR count). The van der Waals surface area contributed by atoms with Crippen molar-refractivity contribution in [3.8, 4) is 0 Å². The van der Waals surface area contributed by atoms with Gasteiger partial charge in [-0.05, 0) is 18.8 Å². The Morgan fingerprint density at radius 1 is 1.65 bits per heavy atom. The quantitative estimate of drug-likeness (QED) is 0.516. The first-order valence-electron chi connectivity index (χ1n) is 6.23. The molecule has 1 saturated heterocycles. The highest BCUT2D eigenvalue weighted by molar-refractivity contribution is 6.32. The summed E-state index contributed by atoms with van der Waals surface area (Å²) in [5.41, 5.74) is -0.214. The highest BCUT2D eigenvalue weighted by Crippen LogP contribution is 2.25. The summed E-state index contributed by atoms with van der Waals surface area (Å²) in [4.78, 5) is 27.7. The fourth-order valence-corrected chi connectivity index (χ4v) is 2.48. The number of likely N-dealkylation sites (tertiary alicyclic amines) is 1. The minimum atomic E-state index is -0.612. The number of pyridine rings is 1.